The Morgan fingerprint density at radius 2 is 1.50 bits per heavy atom. The highest BCUT2D eigenvalue weighted by Gasteiger charge is 2.25. The van der Waals surface area contributed by atoms with E-state index >= 15 is 0 Å². The normalized spacial score (nSPS) is 11.8. The molecule has 0 fully saturated rings. The Kier molecular flexibility index (Phi) is 3.61. The Bertz CT molecular complexity index is 847. The van der Waals surface area contributed by atoms with Crippen LogP contribution in [0.1, 0.15) is 25.8 Å². The zero-order chi connectivity index (χ0) is 15.7. The van der Waals surface area contributed by atoms with Crippen LogP contribution < -0.4 is 0 Å². The Morgan fingerprint density at radius 3 is 2.14 bits per heavy atom. The van der Waals surface area contributed by atoms with Crippen LogP contribution in [0.15, 0.2) is 54.6 Å². The number of hydrogen-bond acceptors (Lipinski definition) is 2. The van der Waals surface area contributed by atoms with Gasteiger partial charge in [0.15, 0.2) is 0 Å². The molecule has 3 aromatic rings. The minimum Gasteiger partial charge on any atom is -0.469 e. The van der Waals surface area contributed by atoms with Gasteiger partial charge in [-0.1, -0.05) is 56.3 Å². The molecule has 0 aliphatic carbocycles. The largest absolute Gasteiger partial charge is 0.469 e. The topological polar surface area (TPSA) is 26.3 Å². The van der Waals surface area contributed by atoms with Crippen molar-refractivity contribution in [3.8, 4) is 0 Å². The van der Waals surface area contributed by atoms with Crippen molar-refractivity contribution in [1.29, 1.82) is 0 Å². The van der Waals surface area contributed by atoms with E-state index in [9.17, 15) is 4.79 Å². The molecule has 2 heteroatoms. The summed E-state index contributed by atoms with van der Waals surface area (Å²) in [6.07, 6.45) is 0.378. The lowest BCUT2D eigenvalue weighted by molar-refractivity contribution is -0.141. The number of carbonyl (C=O) groups excluding carboxylic acids is 1. The molecule has 22 heavy (non-hydrogen) atoms. The molecule has 0 aliphatic rings. The number of esters is 1. The SMILES string of the molecule is COC(=O)CC(C)(C)c1ccc2cc3ccccc3cc2c1. The van der Waals surface area contributed by atoms with Crippen LogP contribution in [0.4, 0.5) is 0 Å². The summed E-state index contributed by atoms with van der Waals surface area (Å²) >= 11 is 0. The Balaban J connectivity index is 2.08. The minimum atomic E-state index is -0.243. The van der Waals surface area contributed by atoms with Gasteiger partial charge in [-0.2, -0.15) is 0 Å². The van der Waals surface area contributed by atoms with Gasteiger partial charge in [0.2, 0.25) is 0 Å². The molecule has 0 atom stereocenters. The van der Waals surface area contributed by atoms with Crippen LogP contribution in [-0.2, 0) is 14.9 Å². The van der Waals surface area contributed by atoms with Gasteiger partial charge in [-0.05, 0) is 39.2 Å². The van der Waals surface area contributed by atoms with Gasteiger partial charge >= 0.3 is 5.97 Å². The Morgan fingerprint density at radius 1 is 0.909 bits per heavy atom. The van der Waals surface area contributed by atoms with Gasteiger partial charge in [0.05, 0.1) is 13.5 Å². The number of fused-ring (bicyclic) bond motifs is 2. The van der Waals surface area contributed by atoms with Crippen molar-refractivity contribution < 1.29 is 9.53 Å². The number of benzene rings is 3. The van der Waals surface area contributed by atoms with E-state index < -0.39 is 0 Å². The molecule has 2 nitrogen and oxygen atoms in total. The third-order valence-electron chi connectivity index (χ3n) is 4.30. The van der Waals surface area contributed by atoms with E-state index in [4.69, 9.17) is 4.74 Å². The maximum atomic E-state index is 11.6. The van der Waals surface area contributed by atoms with Crippen molar-refractivity contribution in [2.75, 3.05) is 7.11 Å². The average molecular weight is 292 g/mol. The third-order valence-corrected chi connectivity index (χ3v) is 4.30. The molecule has 0 bridgehead atoms. The van der Waals surface area contributed by atoms with E-state index in [1.807, 2.05) is 0 Å². The second kappa shape index (κ2) is 5.45. The summed E-state index contributed by atoms with van der Waals surface area (Å²) in [6, 6.07) is 19.2. The number of ether oxygens (including phenoxy) is 1. The summed E-state index contributed by atoms with van der Waals surface area (Å²) in [5.74, 6) is -0.177. The summed E-state index contributed by atoms with van der Waals surface area (Å²) in [5.41, 5.74) is 0.910. The van der Waals surface area contributed by atoms with E-state index in [0.29, 0.717) is 6.42 Å². The maximum absolute atomic E-state index is 11.6. The Labute approximate surface area is 130 Å². The highest BCUT2D eigenvalue weighted by Crippen LogP contribution is 2.31. The molecule has 0 N–H and O–H groups in total. The van der Waals surface area contributed by atoms with E-state index in [1.54, 1.807) is 0 Å². The second-order valence-corrected chi connectivity index (χ2v) is 6.40. The van der Waals surface area contributed by atoms with Crippen LogP contribution in [-0.4, -0.2) is 13.1 Å². The molecule has 0 aliphatic heterocycles. The van der Waals surface area contributed by atoms with Crippen LogP contribution in [0.25, 0.3) is 21.5 Å². The predicted molar refractivity (Wildman–Crippen MR) is 91.1 cm³/mol. The van der Waals surface area contributed by atoms with Gasteiger partial charge in [0.1, 0.15) is 0 Å². The molecular weight excluding hydrogens is 272 g/mol. The highest BCUT2D eigenvalue weighted by atomic mass is 16.5. The molecule has 0 radical (unpaired) electrons. The van der Waals surface area contributed by atoms with Crippen LogP contribution in [0.5, 0.6) is 0 Å². The van der Waals surface area contributed by atoms with Gasteiger partial charge in [-0.3, -0.25) is 4.79 Å². The first-order chi connectivity index (χ1) is 10.5. The van der Waals surface area contributed by atoms with Crippen LogP contribution in [0.3, 0.4) is 0 Å². The minimum absolute atomic E-state index is 0.177. The fourth-order valence-corrected chi connectivity index (χ4v) is 2.90. The maximum Gasteiger partial charge on any atom is 0.306 e. The summed E-state index contributed by atoms with van der Waals surface area (Å²) < 4.78 is 4.81. The van der Waals surface area contributed by atoms with Gasteiger partial charge < -0.3 is 4.74 Å². The molecule has 0 heterocycles. The summed E-state index contributed by atoms with van der Waals surface area (Å²) in [4.78, 5) is 11.6. The van der Waals surface area contributed by atoms with Gasteiger partial charge in [0.25, 0.3) is 0 Å². The summed E-state index contributed by atoms with van der Waals surface area (Å²) in [6.45, 7) is 4.15. The zero-order valence-corrected chi connectivity index (χ0v) is 13.2. The first-order valence-electron chi connectivity index (χ1n) is 7.49. The number of hydrogen-bond donors (Lipinski definition) is 0. The van der Waals surface area contributed by atoms with Crippen LogP contribution in [0, 0.1) is 0 Å². The molecule has 0 spiro atoms. The van der Waals surface area contributed by atoms with E-state index in [2.05, 4.69) is 68.4 Å². The van der Waals surface area contributed by atoms with E-state index in [0.717, 1.165) is 5.56 Å². The second-order valence-electron chi connectivity index (χ2n) is 6.40. The van der Waals surface area contributed by atoms with Crippen LogP contribution >= 0.6 is 0 Å². The average Bonchev–Trinajstić information content (AvgIpc) is 2.51. The summed E-state index contributed by atoms with van der Waals surface area (Å²) in [7, 11) is 1.44. The van der Waals surface area contributed by atoms with Crippen LogP contribution in [0.2, 0.25) is 0 Å². The third kappa shape index (κ3) is 2.69. The van der Waals surface area contributed by atoms with Gasteiger partial charge in [0, 0.05) is 5.41 Å². The predicted octanol–water partition coefficient (Wildman–Crippen LogP) is 4.83. The molecule has 112 valence electrons. The Hall–Kier alpha value is -2.35. The van der Waals surface area contributed by atoms with Crippen molar-refractivity contribution in [2.45, 2.75) is 25.7 Å². The molecule has 0 unspecified atom stereocenters. The fraction of sp³-hybridized carbons (Fsp3) is 0.250. The quantitative estimate of drug-likeness (QED) is 0.510. The lowest BCUT2D eigenvalue weighted by atomic mass is 9.80. The van der Waals surface area contributed by atoms with E-state index in [-0.39, 0.29) is 11.4 Å². The highest BCUT2D eigenvalue weighted by molar-refractivity contribution is 5.98. The van der Waals surface area contributed by atoms with Gasteiger partial charge in [-0.25, -0.2) is 0 Å². The van der Waals surface area contributed by atoms with Crippen molar-refractivity contribution in [3.63, 3.8) is 0 Å². The molecule has 0 amide bonds. The first-order valence-corrected chi connectivity index (χ1v) is 7.49. The van der Waals surface area contributed by atoms with Gasteiger partial charge in [-0.15, -0.1) is 0 Å². The van der Waals surface area contributed by atoms with E-state index in [1.165, 1.54) is 28.7 Å². The summed E-state index contributed by atoms with van der Waals surface area (Å²) in [5, 5.41) is 4.90. The molecule has 3 rings (SSSR count). The molecule has 0 saturated heterocycles. The van der Waals surface area contributed by atoms with Crippen molar-refractivity contribution in [2.24, 2.45) is 0 Å². The fourth-order valence-electron chi connectivity index (χ4n) is 2.90. The smallest absolute Gasteiger partial charge is 0.306 e. The lowest BCUT2D eigenvalue weighted by Gasteiger charge is -2.24. The number of carbonyl (C=O) groups is 1. The van der Waals surface area contributed by atoms with Crippen molar-refractivity contribution in [3.05, 3.63) is 60.2 Å². The molecular formula is C20H20O2. The lowest BCUT2D eigenvalue weighted by Crippen LogP contribution is -2.22. The molecule has 0 aromatic heterocycles. The zero-order valence-electron chi connectivity index (χ0n) is 13.2. The molecule has 3 aromatic carbocycles. The molecule has 0 saturated carbocycles. The first kappa shape index (κ1) is 14.6. The monoisotopic (exact) mass is 292 g/mol. The van der Waals surface area contributed by atoms with Crippen molar-refractivity contribution >= 4 is 27.5 Å². The van der Waals surface area contributed by atoms with Crippen molar-refractivity contribution in [1.82, 2.24) is 0 Å². The standard InChI is InChI=1S/C20H20O2/c1-20(2,13-19(21)22-3)18-9-8-16-10-14-6-4-5-7-15(14)11-17(16)12-18/h4-12H,13H2,1-3H3. The number of rotatable bonds is 3. The number of methoxy groups -OCH3 is 1.